The molecule has 0 unspecified atom stereocenters. The minimum atomic E-state index is -0.131. The number of hydrogen-bond acceptors (Lipinski definition) is 2. The minimum absolute atomic E-state index is 0.0603. The van der Waals surface area contributed by atoms with Crippen LogP contribution in [0.3, 0.4) is 0 Å². The largest absolute Gasteiger partial charge is 0.399 e. The summed E-state index contributed by atoms with van der Waals surface area (Å²) in [6, 6.07) is 5.26. The zero-order valence-electron chi connectivity index (χ0n) is 10.1. The maximum absolute atomic E-state index is 12.1. The lowest BCUT2D eigenvalue weighted by Gasteiger charge is -2.26. The van der Waals surface area contributed by atoms with Gasteiger partial charge in [0.15, 0.2) is 0 Å². The average Bonchev–Trinajstić information content (AvgIpc) is 2.98. The lowest BCUT2D eigenvalue weighted by Crippen LogP contribution is -2.45. The smallest absolute Gasteiger partial charge is 0.251 e. The van der Waals surface area contributed by atoms with Crippen LogP contribution in [0.2, 0.25) is 0 Å². The van der Waals surface area contributed by atoms with Crippen molar-refractivity contribution in [1.82, 2.24) is 5.32 Å². The Bertz CT molecular complexity index is 432. The van der Waals surface area contributed by atoms with E-state index in [-0.39, 0.29) is 11.4 Å². The quantitative estimate of drug-likeness (QED) is 0.843. The van der Waals surface area contributed by atoms with Gasteiger partial charge < -0.3 is 11.1 Å². The summed E-state index contributed by atoms with van der Waals surface area (Å²) in [6.45, 7) is 4.15. The van der Waals surface area contributed by atoms with Crippen LogP contribution in [0.1, 0.15) is 37.0 Å². The third kappa shape index (κ3) is 3.00. The zero-order valence-corrected chi connectivity index (χ0v) is 11.7. The van der Waals surface area contributed by atoms with Gasteiger partial charge in [-0.2, -0.15) is 0 Å². The van der Waals surface area contributed by atoms with Crippen molar-refractivity contribution < 1.29 is 4.79 Å². The number of carbonyl (C=O) groups is 1. The monoisotopic (exact) mass is 296 g/mol. The van der Waals surface area contributed by atoms with Crippen molar-refractivity contribution in [2.75, 3.05) is 5.73 Å². The molecule has 4 heteroatoms. The van der Waals surface area contributed by atoms with Crippen LogP contribution in [0.4, 0.5) is 5.69 Å². The molecule has 1 fully saturated rings. The third-order valence-corrected chi connectivity index (χ3v) is 3.67. The predicted molar refractivity (Wildman–Crippen MR) is 72.8 cm³/mol. The number of rotatable bonds is 3. The Hall–Kier alpha value is -1.03. The van der Waals surface area contributed by atoms with Gasteiger partial charge >= 0.3 is 0 Å². The van der Waals surface area contributed by atoms with Crippen molar-refractivity contribution in [1.29, 1.82) is 0 Å². The van der Waals surface area contributed by atoms with E-state index >= 15 is 0 Å². The van der Waals surface area contributed by atoms with Crippen molar-refractivity contribution in [3.05, 3.63) is 28.2 Å². The van der Waals surface area contributed by atoms with Crippen molar-refractivity contribution >= 4 is 27.5 Å². The summed E-state index contributed by atoms with van der Waals surface area (Å²) in [7, 11) is 0. The molecule has 3 N–H and O–H groups in total. The molecule has 1 saturated carbocycles. The average molecular weight is 297 g/mol. The van der Waals surface area contributed by atoms with E-state index < -0.39 is 0 Å². The third-order valence-electron chi connectivity index (χ3n) is 3.22. The number of halogens is 1. The van der Waals surface area contributed by atoms with Crippen LogP contribution in [-0.4, -0.2) is 11.4 Å². The van der Waals surface area contributed by atoms with Crippen molar-refractivity contribution in [2.45, 2.75) is 32.2 Å². The van der Waals surface area contributed by atoms with Crippen molar-refractivity contribution in [3.8, 4) is 0 Å². The lowest BCUT2D eigenvalue weighted by atomic mass is 9.98. The standard InChI is InChI=1S/C13H17BrN2O/c1-13(2,9-3-4-9)16-12(17)8-5-10(14)7-11(15)6-8/h5-7,9H,3-4,15H2,1-2H3,(H,16,17). The zero-order chi connectivity index (χ0) is 12.6. The lowest BCUT2D eigenvalue weighted by molar-refractivity contribution is 0.0903. The van der Waals surface area contributed by atoms with E-state index in [0.717, 1.165) is 4.47 Å². The molecule has 1 aliphatic rings. The van der Waals surface area contributed by atoms with E-state index in [9.17, 15) is 4.79 Å². The molecule has 1 aromatic rings. The number of nitrogens with two attached hydrogens (primary N) is 1. The minimum Gasteiger partial charge on any atom is -0.399 e. The van der Waals surface area contributed by atoms with E-state index in [1.807, 2.05) is 0 Å². The van der Waals surface area contributed by atoms with Gasteiger partial charge in [0.2, 0.25) is 0 Å². The first-order valence-electron chi connectivity index (χ1n) is 5.77. The summed E-state index contributed by atoms with van der Waals surface area (Å²) < 4.78 is 0.826. The van der Waals surface area contributed by atoms with Gasteiger partial charge in [-0.25, -0.2) is 0 Å². The summed E-state index contributed by atoms with van der Waals surface area (Å²) in [6.07, 6.45) is 2.40. The van der Waals surface area contributed by atoms with Gasteiger partial charge in [0.25, 0.3) is 5.91 Å². The van der Waals surface area contributed by atoms with Crippen LogP contribution >= 0.6 is 15.9 Å². The van der Waals surface area contributed by atoms with Gasteiger partial charge in [-0.1, -0.05) is 15.9 Å². The summed E-state index contributed by atoms with van der Waals surface area (Å²) in [5, 5.41) is 3.07. The number of hydrogen-bond donors (Lipinski definition) is 2. The second-order valence-electron chi connectivity index (χ2n) is 5.22. The van der Waals surface area contributed by atoms with Crippen LogP contribution in [0, 0.1) is 5.92 Å². The fourth-order valence-corrected chi connectivity index (χ4v) is 2.53. The molecule has 92 valence electrons. The van der Waals surface area contributed by atoms with E-state index in [2.05, 4.69) is 35.1 Å². The summed E-state index contributed by atoms with van der Waals surface area (Å²) in [5.41, 5.74) is 6.79. The first-order valence-corrected chi connectivity index (χ1v) is 6.56. The number of benzene rings is 1. The molecule has 0 radical (unpaired) electrons. The first-order chi connectivity index (χ1) is 7.88. The number of amides is 1. The predicted octanol–water partition coefficient (Wildman–Crippen LogP) is 2.95. The summed E-state index contributed by atoms with van der Waals surface area (Å²) in [4.78, 5) is 12.1. The topological polar surface area (TPSA) is 55.1 Å². The fraction of sp³-hybridized carbons (Fsp3) is 0.462. The number of nitrogens with one attached hydrogen (secondary N) is 1. The molecule has 0 heterocycles. The molecule has 0 aliphatic heterocycles. The first kappa shape index (κ1) is 12.4. The van der Waals surface area contributed by atoms with Crippen LogP contribution in [0.25, 0.3) is 0 Å². The molecular formula is C13H17BrN2O. The molecule has 0 bridgehead atoms. The highest BCUT2D eigenvalue weighted by atomic mass is 79.9. The van der Waals surface area contributed by atoms with E-state index in [1.165, 1.54) is 12.8 Å². The Morgan fingerprint density at radius 2 is 2.06 bits per heavy atom. The van der Waals surface area contributed by atoms with Crippen LogP contribution < -0.4 is 11.1 Å². The van der Waals surface area contributed by atoms with Gasteiger partial charge in [-0.05, 0) is 50.8 Å². The van der Waals surface area contributed by atoms with Crippen molar-refractivity contribution in [2.24, 2.45) is 5.92 Å². The fourth-order valence-electron chi connectivity index (χ4n) is 2.02. The molecule has 0 spiro atoms. The van der Waals surface area contributed by atoms with E-state index in [0.29, 0.717) is 17.2 Å². The molecule has 0 atom stereocenters. The molecular weight excluding hydrogens is 280 g/mol. The second-order valence-corrected chi connectivity index (χ2v) is 6.14. The van der Waals surface area contributed by atoms with Gasteiger partial charge in [0, 0.05) is 21.3 Å². The summed E-state index contributed by atoms with van der Waals surface area (Å²) in [5.74, 6) is 0.547. The highest BCUT2D eigenvalue weighted by Gasteiger charge is 2.38. The van der Waals surface area contributed by atoms with E-state index in [1.54, 1.807) is 18.2 Å². The molecule has 1 aliphatic carbocycles. The Balaban J connectivity index is 2.14. The maximum atomic E-state index is 12.1. The molecule has 1 aromatic carbocycles. The molecule has 0 aromatic heterocycles. The normalized spacial score (nSPS) is 15.7. The van der Waals surface area contributed by atoms with E-state index in [4.69, 9.17) is 5.73 Å². The molecule has 3 nitrogen and oxygen atoms in total. The Morgan fingerprint density at radius 1 is 1.41 bits per heavy atom. The highest BCUT2D eigenvalue weighted by Crippen LogP contribution is 2.39. The Kier molecular flexibility index (Phi) is 3.17. The summed E-state index contributed by atoms with van der Waals surface area (Å²) >= 11 is 3.34. The highest BCUT2D eigenvalue weighted by molar-refractivity contribution is 9.10. The molecule has 17 heavy (non-hydrogen) atoms. The van der Waals surface area contributed by atoms with Gasteiger partial charge in [-0.15, -0.1) is 0 Å². The van der Waals surface area contributed by atoms with Crippen LogP contribution in [-0.2, 0) is 0 Å². The van der Waals surface area contributed by atoms with Gasteiger partial charge in [0.05, 0.1) is 0 Å². The maximum Gasteiger partial charge on any atom is 0.251 e. The van der Waals surface area contributed by atoms with Crippen LogP contribution in [0.15, 0.2) is 22.7 Å². The Morgan fingerprint density at radius 3 is 2.59 bits per heavy atom. The number of carbonyl (C=O) groups excluding carboxylic acids is 1. The van der Waals surface area contributed by atoms with Gasteiger partial charge in [0.1, 0.15) is 0 Å². The Labute approximate surface area is 110 Å². The molecule has 1 amide bonds. The molecule has 0 saturated heterocycles. The number of nitrogen functional groups attached to an aromatic ring is 1. The van der Waals surface area contributed by atoms with Crippen molar-refractivity contribution in [3.63, 3.8) is 0 Å². The SMILES string of the molecule is CC(C)(NC(=O)c1cc(N)cc(Br)c1)C1CC1. The van der Waals surface area contributed by atoms with Gasteiger partial charge in [-0.3, -0.25) is 4.79 Å². The number of anilines is 1. The van der Waals surface area contributed by atoms with Crippen LogP contribution in [0.5, 0.6) is 0 Å². The molecule has 2 rings (SSSR count). The second kappa shape index (κ2) is 4.33.